The fourth-order valence-corrected chi connectivity index (χ4v) is 2.16. The molecule has 0 bridgehead atoms. The number of methoxy groups -OCH3 is 1. The summed E-state index contributed by atoms with van der Waals surface area (Å²) in [5.41, 5.74) is 0.304. The van der Waals surface area contributed by atoms with Crippen LogP contribution in [0.4, 0.5) is 5.82 Å². The average Bonchev–Trinajstić information content (AvgIpc) is 2.57. The maximum atomic E-state index is 12.1. The molecule has 1 atom stereocenters. The van der Waals surface area contributed by atoms with Gasteiger partial charge in [-0.1, -0.05) is 23.2 Å². The van der Waals surface area contributed by atoms with Crippen LogP contribution in [0.1, 0.15) is 17.3 Å². The van der Waals surface area contributed by atoms with Gasteiger partial charge >= 0.3 is 5.97 Å². The fraction of sp³-hybridized carbons (Fsp3) is 0.188. The number of carbonyl (C=O) groups is 2. The number of rotatable bonds is 5. The molecule has 1 amide bonds. The number of nitrogens with zero attached hydrogens (tertiary/aromatic N) is 1. The molecule has 1 aromatic carbocycles. The van der Waals surface area contributed by atoms with Gasteiger partial charge in [0.15, 0.2) is 11.9 Å². The molecule has 2 aromatic rings. The number of amides is 1. The minimum atomic E-state index is -1.03. The normalized spacial score (nSPS) is 11.5. The number of pyridine rings is 1. The molecule has 0 aliphatic heterocycles. The van der Waals surface area contributed by atoms with Gasteiger partial charge in [0, 0.05) is 6.20 Å². The molecule has 1 aromatic heterocycles. The Bertz CT molecular complexity index is 750. The first-order chi connectivity index (χ1) is 11.4. The van der Waals surface area contributed by atoms with E-state index in [2.05, 4.69) is 10.3 Å². The van der Waals surface area contributed by atoms with E-state index in [1.54, 1.807) is 24.3 Å². The molecule has 0 saturated heterocycles. The zero-order valence-corrected chi connectivity index (χ0v) is 14.4. The van der Waals surface area contributed by atoms with Gasteiger partial charge in [0.25, 0.3) is 5.91 Å². The first-order valence-electron chi connectivity index (χ1n) is 6.87. The molecule has 0 fully saturated rings. The van der Waals surface area contributed by atoms with Crippen molar-refractivity contribution in [1.29, 1.82) is 0 Å². The van der Waals surface area contributed by atoms with Crippen LogP contribution in [0.15, 0.2) is 36.5 Å². The summed E-state index contributed by atoms with van der Waals surface area (Å²) >= 11 is 11.7. The summed E-state index contributed by atoms with van der Waals surface area (Å²) in [4.78, 5) is 28.0. The highest BCUT2D eigenvalue weighted by molar-refractivity contribution is 6.36. The molecule has 6 nitrogen and oxygen atoms in total. The Kier molecular flexibility index (Phi) is 6.00. The van der Waals surface area contributed by atoms with Gasteiger partial charge in [-0.05, 0) is 37.3 Å². The van der Waals surface area contributed by atoms with E-state index in [0.717, 1.165) is 0 Å². The van der Waals surface area contributed by atoms with E-state index in [-0.39, 0.29) is 10.8 Å². The van der Waals surface area contributed by atoms with Crippen molar-refractivity contribution in [3.8, 4) is 5.75 Å². The molecule has 8 heteroatoms. The van der Waals surface area contributed by atoms with E-state index in [1.807, 2.05) is 0 Å². The lowest BCUT2D eigenvalue weighted by molar-refractivity contribution is -0.123. The number of hydrogen-bond acceptors (Lipinski definition) is 5. The van der Waals surface area contributed by atoms with Crippen LogP contribution in [0.2, 0.25) is 10.0 Å². The largest absolute Gasteiger partial charge is 0.497 e. The number of hydrogen-bond donors (Lipinski definition) is 1. The molecule has 1 heterocycles. The molecule has 1 N–H and O–H groups in total. The Labute approximate surface area is 148 Å². The van der Waals surface area contributed by atoms with Gasteiger partial charge in [-0.2, -0.15) is 0 Å². The van der Waals surface area contributed by atoms with Crippen LogP contribution < -0.4 is 10.1 Å². The van der Waals surface area contributed by atoms with Gasteiger partial charge in [0.2, 0.25) is 0 Å². The van der Waals surface area contributed by atoms with Crippen molar-refractivity contribution in [1.82, 2.24) is 4.98 Å². The highest BCUT2D eigenvalue weighted by Crippen LogP contribution is 2.22. The molecular weight excluding hydrogens is 355 g/mol. The third kappa shape index (κ3) is 4.59. The Balaban J connectivity index is 1.98. The van der Waals surface area contributed by atoms with Gasteiger partial charge in [0.05, 0.1) is 22.7 Å². The van der Waals surface area contributed by atoms with Gasteiger partial charge < -0.3 is 14.8 Å². The van der Waals surface area contributed by atoms with Crippen LogP contribution in [0, 0.1) is 0 Å². The Morgan fingerprint density at radius 1 is 1.21 bits per heavy atom. The number of anilines is 1. The third-order valence-corrected chi connectivity index (χ3v) is 3.52. The molecular formula is C16H14Cl2N2O4. The van der Waals surface area contributed by atoms with E-state index in [9.17, 15) is 9.59 Å². The number of esters is 1. The molecule has 0 aliphatic carbocycles. The molecule has 0 radical (unpaired) electrons. The Morgan fingerprint density at radius 3 is 2.46 bits per heavy atom. The van der Waals surface area contributed by atoms with Crippen molar-refractivity contribution in [3.05, 3.63) is 52.1 Å². The molecule has 0 aliphatic rings. The Hall–Kier alpha value is -2.31. The summed E-state index contributed by atoms with van der Waals surface area (Å²) in [6, 6.07) is 7.78. The maximum Gasteiger partial charge on any atom is 0.338 e. The minimum Gasteiger partial charge on any atom is -0.497 e. The summed E-state index contributed by atoms with van der Waals surface area (Å²) in [7, 11) is 1.52. The topological polar surface area (TPSA) is 77.5 Å². The Morgan fingerprint density at radius 2 is 1.88 bits per heavy atom. The van der Waals surface area contributed by atoms with Crippen LogP contribution in [0.5, 0.6) is 5.75 Å². The summed E-state index contributed by atoms with van der Waals surface area (Å²) in [6.07, 6.45) is 0.310. The van der Waals surface area contributed by atoms with Gasteiger partial charge in [-0.25, -0.2) is 9.78 Å². The maximum absolute atomic E-state index is 12.1. The van der Waals surface area contributed by atoms with E-state index in [1.165, 1.54) is 26.3 Å². The fourth-order valence-electron chi connectivity index (χ4n) is 1.73. The standard InChI is InChI=1S/C16H14Cl2N2O4/c1-9(15(21)20-14-13(18)7-11(17)8-19-14)24-16(22)10-3-5-12(23-2)6-4-10/h3-9H,1-2H3,(H,19,20,21)/t9-/m0/s1. The quantitative estimate of drug-likeness (QED) is 0.816. The van der Waals surface area contributed by atoms with E-state index >= 15 is 0 Å². The lowest BCUT2D eigenvalue weighted by atomic mass is 10.2. The number of ether oxygens (including phenoxy) is 2. The summed E-state index contributed by atoms with van der Waals surface area (Å²) < 4.78 is 10.1. The molecule has 2 rings (SSSR count). The average molecular weight is 369 g/mol. The van der Waals surface area contributed by atoms with Gasteiger partial charge in [-0.3, -0.25) is 4.79 Å². The zero-order valence-electron chi connectivity index (χ0n) is 12.9. The number of halogens is 2. The second kappa shape index (κ2) is 7.99. The van der Waals surface area contributed by atoms with Gasteiger partial charge in [0.1, 0.15) is 5.75 Å². The van der Waals surface area contributed by atoms with Crippen LogP contribution >= 0.6 is 23.2 Å². The van der Waals surface area contributed by atoms with Gasteiger partial charge in [-0.15, -0.1) is 0 Å². The van der Waals surface area contributed by atoms with E-state index in [4.69, 9.17) is 32.7 Å². The van der Waals surface area contributed by atoms with Crippen molar-refractivity contribution in [2.75, 3.05) is 12.4 Å². The van der Waals surface area contributed by atoms with E-state index < -0.39 is 18.0 Å². The SMILES string of the molecule is COc1ccc(C(=O)O[C@@H](C)C(=O)Nc2ncc(Cl)cc2Cl)cc1. The van der Waals surface area contributed by atoms with E-state index in [0.29, 0.717) is 16.3 Å². The predicted molar refractivity (Wildman–Crippen MR) is 90.8 cm³/mol. The highest BCUT2D eigenvalue weighted by atomic mass is 35.5. The van der Waals surface area contributed by atoms with Crippen LogP contribution in [0.25, 0.3) is 0 Å². The molecule has 0 spiro atoms. The summed E-state index contributed by atoms with van der Waals surface area (Å²) in [5, 5.41) is 3.00. The second-order valence-corrected chi connectivity index (χ2v) is 5.59. The monoisotopic (exact) mass is 368 g/mol. The third-order valence-electron chi connectivity index (χ3n) is 3.03. The summed E-state index contributed by atoms with van der Waals surface area (Å²) in [5.74, 6) is -0.441. The number of carbonyl (C=O) groups excluding carboxylic acids is 2. The van der Waals surface area contributed by atoms with Crippen molar-refractivity contribution in [3.63, 3.8) is 0 Å². The van der Waals surface area contributed by atoms with Crippen molar-refractivity contribution < 1.29 is 19.1 Å². The van der Waals surface area contributed by atoms with Crippen molar-refractivity contribution in [2.45, 2.75) is 13.0 Å². The predicted octanol–water partition coefficient (Wildman–Crippen LogP) is 3.58. The smallest absolute Gasteiger partial charge is 0.338 e. The molecule has 126 valence electrons. The lowest BCUT2D eigenvalue weighted by Gasteiger charge is -2.14. The number of benzene rings is 1. The molecule has 24 heavy (non-hydrogen) atoms. The second-order valence-electron chi connectivity index (χ2n) is 4.75. The first kappa shape index (κ1) is 18.0. The zero-order chi connectivity index (χ0) is 17.7. The summed E-state index contributed by atoms with van der Waals surface area (Å²) in [6.45, 7) is 1.45. The molecule has 0 saturated carbocycles. The first-order valence-corrected chi connectivity index (χ1v) is 7.63. The lowest BCUT2D eigenvalue weighted by Crippen LogP contribution is -2.30. The molecule has 0 unspecified atom stereocenters. The van der Waals surface area contributed by atoms with Crippen LogP contribution in [-0.4, -0.2) is 30.1 Å². The van der Waals surface area contributed by atoms with Crippen molar-refractivity contribution >= 4 is 40.9 Å². The number of aromatic nitrogens is 1. The highest BCUT2D eigenvalue weighted by Gasteiger charge is 2.20. The van der Waals surface area contributed by atoms with Crippen LogP contribution in [0.3, 0.4) is 0 Å². The van der Waals surface area contributed by atoms with Crippen molar-refractivity contribution in [2.24, 2.45) is 0 Å². The number of nitrogens with one attached hydrogen (secondary N) is 1. The minimum absolute atomic E-state index is 0.137. The van der Waals surface area contributed by atoms with Crippen LogP contribution in [-0.2, 0) is 9.53 Å².